The maximum Gasteiger partial charge on any atom is 0.322 e. The SMILES string of the molecule is O=C(O)CNc1ccc2c(NC(=O)CC3CCCCC3)c(Cl)ccc2n1. The summed E-state index contributed by atoms with van der Waals surface area (Å²) in [6, 6.07) is 6.90. The smallest absolute Gasteiger partial charge is 0.322 e. The second kappa shape index (κ2) is 8.36. The van der Waals surface area contributed by atoms with Gasteiger partial charge in [-0.1, -0.05) is 30.9 Å². The summed E-state index contributed by atoms with van der Waals surface area (Å²) in [5.74, 6) is -0.0813. The zero-order valence-electron chi connectivity index (χ0n) is 14.4. The number of rotatable bonds is 6. The van der Waals surface area contributed by atoms with E-state index in [9.17, 15) is 9.59 Å². The van der Waals surface area contributed by atoms with E-state index in [2.05, 4.69) is 15.6 Å². The quantitative estimate of drug-likeness (QED) is 0.700. The summed E-state index contributed by atoms with van der Waals surface area (Å²) in [4.78, 5) is 27.5. The zero-order chi connectivity index (χ0) is 18.5. The largest absolute Gasteiger partial charge is 0.480 e. The number of pyridine rings is 1. The number of fused-ring (bicyclic) bond motifs is 1. The van der Waals surface area contributed by atoms with Crippen LogP contribution in [0.2, 0.25) is 5.02 Å². The molecule has 2 aromatic rings. The first-order chi connectivity index (χ1) is 12.5. The summed E-state index contributed by atoms with van der Waals surface area (Å²) in [6.07, 6.45) is 6.38. The molecule has 1 amide bonds. The summed E-state index contributed by atoms with van der Waals surface area (Å²) < 4.78 is 0. The molecule has 0 saturated heterocycles. The van der Waals surface area contributed by atoms with Crippen molar-refractivity contribution in [3.8, 4) is 0 Å². The first kappa shape index (κ1) is 18.5. The maximum absolute atomic E-state index is 12.5. The van der Waals surface area contributed by atoms with Crippen LogP contribution < -0.4 is 10.6 Å². The molecule has 1 aliphatic rings. The van der Waals surface area contributed by atoms with Crippen molar-refractivity contribution in [2.45, 2.75) is 38.5 Å². The third-order valence-electron chi connectivity index (χ3n) is 4.70. The highest BCUT2D eigenvalue weighted by Crippen LogP contribution is 2.32. The monoisotopic (exact) mass is 375 g/mol. The third kappa shape index (κ3) is 4.64. The van der Waals surface area contributed by atoms with Crippen molar-refractivity contribution in [2.75, 3.05) is 17.2 Å². The molecule has 1 fully saturated rings. The molecule has 7 heteroatoms. The molecule has 6 nitrogen and oxygen atoms in total. The molecule has 1 aromatic carbocycles. The van der Waals surface area contributed by atoms with Gasteiger partial charge in [0.05, 0.1) is 16.2 Å². The minimum absolute atomic E-state index is 0.0284. The summed E-state index contributed by atoms with van der Waals surface area (Å²) in [5.41, 5.74) is 1.19. The van der Waals surface area contributed by atoms with Gasteiger partial charge in [0.1, 0.15) is 12.4 Å². The number of hydrogen-bond acceptors (Lipinski definition) is 4. The van der Waals surface area contributed by atoms with Gasteiger partial charge in [-0.2, -0.15) is 0 Å². The first-order valence-corrected chi connectivity index (χ1v) is 9.25. The van der Waals surface area contributed by atoms with Gasteiger partial charge in [-0.05, 0) is 43.0 Å². The van der Waals surface area contributed by atoms with Crippen LogP contribution in [0.3, 0.4) is 0 Å². The van der Waals surface area contributed by atoms with Crippen LogP contribution in [0.25, 0.3) is 10.9 Å². The van der Waals surface area contributed by atoms with Crippen molar-refractivity contribution in [1.82, 2.24) is 4.98 Å². The highest BCUT2D eigenvalue weighted by molar-refractivity contribution is 6.35. The molecule has 138 valence electrons. The molecule has 0 bridgehead atoms. The predicted octanol–water partition coefficient (Wildman–Crippen LogP) is 4.29. The van der Waals surface area contributed by atoms with E-state index in [1.54, 1.807) is 24.3 Å². The third-order valence-corrected chi connectivity index (χ3v) is 5.02. The number of anilines is 2. The van der Waals surface area contributed by atoms with E-state index < -0.39 is 5.97 Å². The number of hydrogen-bond donors (Lipinski definition) is 3. The molecule has 26 heavy (non-hydrogen) atoms. The Hall–Kier alpha value is -2.34. The van der Waals surface area contributed by atoms with E-state index in [1.165, 1.54) is 19.3 Å². The van der Waals surface area contributed by atoms with Crippen LogP contribution >= 0.6 is 11.6 Å². The van der Waals surface area contributed by atoms with E-state index >= 15 is 0 Å². The van der Waals surface area contributed by atoms with Crippen LogP contribution in [-0.4, -0.2) is 28.5 Å². The van der Waals surface area contributed by atoms with Gasteiger partial charge in [-0.15, -0.1) is 0 Å². The van der Waals surface area contributed by atoms with Crippen LogP contribution in [0.5, 0.6) is 0 Å². The molecule has 1 heterocycles. The Morgan fingerprint density at radius 1 is 1.15 bits per heavy atom. The average molecular weight is 376 g/mol. The average Bonchev–Trinajstić information content (AvgIpc) is 2.63. The summed E-state index contributed by atoms with van der Waals surface area (Å²) in [6.45, 7) is -0.211. The number of aliphatic carboxylic acids is 1. The van der Waals surface area contributed by atoms with E-state index in [0.29, 0.717) is 34.4 Å². The molecule has 3 rings (SSSR count). The second-order valence-corrected chi connectivity index (χ2v) is 7.10. The lowest BCUT2D eigenvalue weighted by molar-refractivity contribution is -0.135. The molecule has 3 N–H and O–H groups in total. The van der Waals surface area contributed by atoms with Crippen molar-refractivity contribution in [1.29, 1.82) is 0 Å². The lowest BCUT2D eigenvalue weighted by Crippen LogP contribution is -2.18. The van der Waals surface area contributed by atoms with Gasteiger partial charge in [-0.25, -0.2) is 4.98 Å². The Balaban J connectivity index is 1.77. The standard InChI is InChI=1S/C19H22ClN3O3/c20-14-7-8-15-13(6-9-16(22-15)21-11-18(25)26)19(14)23-17(24)10-12-4-2-1-3-5-12/h6-9,12H,1-5,10-11H2,(H,21,22)(H,23,24)(H,25,26). The van der Waals surface area contributed by atoms with Crippen molar-refractivity contribution in [2.24, 2.45) is 5.92 Å². The Kier molecular flexibility index (Phi) is 5.93. The number of carbonyl (C=O) groups excluding carboxylic acids is 1. The number of carboxylic acid groups (broad SMARTS) is 1. The summed E-state index contributed by atoms with van der Waals surface area (Å²) in [7, 11) is 0. The summed E-state index contributed by atoms with van der Waals surface area (Å²) in [5, 5.41) is 15.6. The first-order valence-electron chi connectivity index (χ1n) is 8.87. The lowest BCUT2D eigenvalue weighted by Gasteiger charge is -2.21. The van der Waals surface area contributed by atoms with Crippen LogP contribution in [0.4, 0.5) is 11.5 Å². The van der Waals surface area contributed by atoms with E-state index in [4.69, 9.17) is 16.7 Å². The van der Waals surface area contributed by atoms with Crippen molar-refractivity contribution in [3.63, 3.8) is 0 Å². The Bertz CT molecular complexity index is 819. The molecule has 1 aromatic heterocycles. The minimum atomic E-state index is -0.960. The molecule has 0 aliphatic heterocycles. The maximum atomic E-state index is 12.5. The van der Waals surface area contributed by atoms with Crippen LogP contribution in [0.15, 0.2) is 24.3 Å². The van der Waals surface area contributed by atoms with Crippen molar-refractivity contribution >= 4 is 45.9 Å². The minimum Gasteiger partial charge on any atom is -0.480 e. The van der Waals surface area contributed by atoms with Crippen LogP contribution in [0, 0.1) is 5.92 Å². The number of benzene rings is 1. The van der Waals surface area contributed by atoms with Gasteiger partial charge >= 0.3 is 5.97 Å². The van der Waals surface area contributed by atoms with E-state index in [1.807, 2.05) is 0 Å². The number of amides is 1. The Morgan fingerprint density at radius 2 is 1.92 bits per heavy atom. The number of nitrogens with one attached hydrogen (secondary N) is 2. The van der Waals surface area contributed by atoms with Gasteiger partial charge in [-0.3, -0.25) is 9.59 Å². The molecule has 1 aliphatic carbocycles. The molecule has 1 saturated carbocycles. The lowest BCUT2D eigenvalue weighted by atomic mass is 9.87. The molecule has 0 atom stereocenters. The fourth-order valence-corrected chi connectivity index (χ4v) is 3.63. The van der Waals surface area contributed by atoms with Gasteiger partial charge in [0.25, 0.3) is 0 Å². The fourth-order valence-electron chi connectivity index (χ4n) is 3.41. The van der Waals surface area contributed by atoms with Crippen LogP contribution in [-0.2, 0) is 9.59 Å². The number of halogens is 1. The molecule has 0 unspecified atom stereocenters. The zero-order valence-corrected chi connectivity index (χ0v) is 15.2. The Labute approximate surface area is 156 Å². The second-order valence-electron chi connectivity index (χ2n) is 6.69. The number of carboxylic acids is 1. The van der Waals surface area contributed by atoms with Gasteiger partial charge < -0.3 is 15.7 Å². The Morgan fingerprint density at radius 3 is 2.65 bits per heavy atom. The highest BCUT2D eigenvalue weighted by atomic mass is 35.5. The number of nitrogens with zero attached hydrogens (tertiary/aromatic N) is 1. The van der Waals surface area contributed by atoms with E-state index in [-0.39, 0.29) is 12.5 Å². The fraction of sp³-hybridized carbons (Fsp3) is 0.421. The summed E-state index contributed by atoms with van der Waals surface area (Å²) >= 11 is 6.30. The van der Waals surface area contributed by atoms with E-state index in [0.717, 1.165) is 18.2 Å². The predicted molar refractivity (Wildman–Crippen MR) is 103 cm³/mol. The molecular weight excluding hydrogens is 354 g/mol. The molecular formula is C19H22ClN3O3. The van der Waals surface area contributed by atoms with Gasteiger partial charge in [0, 0.05) is 11.8 Å². The van der Waals surface area contributed by atoms with Crippen molar-refractivity contribution < 1.29 is 14.7 Å². The van der Waals surface area contributed by atoms with Gasteiger partial charge in [0.15, 0.2) is 0 Å². The highest BCUT2D eigenvalue weighted by Gasteiger charge is 2.18. The van der Waals surface area contributed by atoms with Crippen LogP contribution in [0.1, 0.15) is 38.5 Å². The number of aromatic nitrogens is 1. The molecule has 0 spiro atoms. The normalized spacial score (nSPS) is 15.0. The topological polar surface area (TPSA) is 91.3 Å². The number of carbonyl (C=O) groups is 2. The van der Waals surface area contributed by atoms with Crippen molar-refractivity contribution in [3.05, 3.63) is 29.3 Å². The van der Waals surface area contributed by atoms with Gasteiger partial charge in [0.2, 0.25) is 5.91 Å². The molecule has 0 radical (unpaired) electrons.